The maximum atomic E-state index is 12.7. The summed E-state index contributed by atoms with van der Waals surface area (Å²) in [6, 6.07) is 5.55. The van der Waals surface area contributed by atoms with Crippen molar-refractivity contribution in [3.8, 4) is 5.75 Å². The van der Waals surface area contributed by atoms with Gasteiger partial charge in [-0.15, -0.1) is 0 Å². The number of benzene rings is 1. The highest BCUT2D eigenvalue weighted by atomic mass is 19.1. The molecule has 5 nitrogen and oxygen atoms in total. The molecule has 0 aliphatic heterocycles. The second-order valence-corrected chi connectivity index (χ2v) is 4.29. The van der Waals surface area contributed by atoms with Crippen molar-refractivity contribution in [1.82, 2.24) is 15.3 Å². The Bertz CT molecular complexity index is 540. The van der Waals surface area contributed by atoms with E-state index in [0.29, 0.717) is 18.7 Å². The highest BCUT2D eigenvalue weighted by Crippen LogP contribution is 2.12. The van der Waals surface area contributed by atoms with Gasteiger partial charge in [-0.05, 0) is 31.2 Å². The number of aromatic nitrogens is 2. The van der Waals surface area contributed by atoms with Crippen LogP contribution in [0.5, 0.6) is 5.75 Å². The number of hydrogen-bond acceptors (Lipinski definition) is 3. The number of rotatable bonds is 6. The fourth-order valence-corrected chi connectivity index (χ4v) is 1.65. The summed E-state index contributed by atoms with van der Waals surface area (Å²) in [5.74, 6) is 0.714. The van der Waals surface area contributed by atoms with E-state index in [2.05, 4.69) is 15.3 Å². The Hall–Kier alpha value is -2.37. The van der Waals surface area contributed by atoms with Crippen LogP contribution in [0.25, 0.3) is 0 Å². The predicted molar refractivity (Wildman–Crippen MR) is 71.8 cm³/mol. The zero-order valence-corrected chi connectivity index (χ0v) is 11.1. The average Bonchev–Trinajstić information content (AvgIpc) is 2.94. The predicted octanol–water partition coefficient (Wildman–Crippen LogP) is 1.67. The fraction of sp³-hybridized carbons (Fsp3) is 0.286. The highest BCUT2D eigenvalue weighted by Gasteiger charge is 2.14. The maximum absolute atomic E-state index is 12.7. The largest absolute Gasteiger partial charge is 0.481 e. The highest BCUT2D eigenvalue weighted by molar-refractivity contribution is 5.80. The summed E-state index contributed by atoms with van der Waals surface area (Å²) in [5.41, 5.74) is 0. The van der Waals surface area contributed by atoms with Crippen molar-refractivity contribution >= 4 is 5.91 Å². The van der Waals surface area contributed by atoms with Crippen LogP contribution in [0, 0.1) is 5.82 Å². The Kier molecular flexibility index (Phi) is 4.70. The van der Waals surface area contributed by atoms with Crippen LogP contribution in [0.1, 0.15) is 12.7 Å². The van der Waals surface area contributed by atoms with Gasteiger partial charge in [0.2, 0.25) is 0 Å². The second-order valence-electron chi connectivity index (χ2n) is 4.29. The number of hydrogen-bond donors (Lipinski definition) is 2. The Morgan fingerprint density at radius 3 is 2.85 bits per heavy atom. The molecular weight excluding hydrogens is 261 g/mol. The van der Waals surface area contributed by atoms with Crippen LogP contribution in [0.3, 0.4) is 0 Å². The van der Waals surface area contributed by atoms with E-state index in [-0.39, 0.29) is 11.7 Å². The molecular formula is C14H16FN3O2. The Morgan fingerprint density at radius 2 is 2.20 bits per heavy atom. The molecule has 1 aromatic carbocycles. The molecule has 20 heavy (non-hydrogen) atoms. The van der Waals surface area contributed by atoms with Crippen molar-refractivity contribution in [2.24, 2.45) is 0 Å². The lowest BCUT2D eigenvalue weighted by Crippen LogP contribution is -2.37. The SMILES string of the molecule is CC(Oc1ccc(F)cc1)C(=O)NCCc1ncc[nH]1. The van der Waals surface area contributed by atoms with Gasteiger partial charge in [-0.25, -0.2) is 9.37 Å². The standard InChI is InChI=1S/C14H16FN3O2/c1-10(20-12-4-2-11(15)3-5-12)14(19)18-7-6-13-16-8-9-17-13/h2-5,8-10H,6-7H2,1H3,(H,16,17)(H,18,19). The van der Waals surface area contributed by atoms with Crippen molar-refractivity contribution < 1.29 is 13.9 Å². The van der Waals surface area contributed by atoms with Crippen LogP contribution in [0.15, 0.2) is 36.7 Å². The van der Waals surface area contributed by atoms with Crippen LogP contribution in [-0.4, -0.2) is 28.5 Å². The molecule has 0 bridgehead atoms. The number of aromatic amines is 1. The molecule has 0 saturated carbocycles. The van der Waals surface area contributed by atoms with E-state index >= 15 is 0 Å². The number of carbonyl (C=O) groups is 1. The van der Waals surface area contributed by atoms with E-state index in [4.69, 9.17) is 4.74 Å². The number of nitrogens with one attached hydrogen (secondary N) is 2. The van der Waals surface area contributed by atoms with Crippen LogP contribution in [0.2, 0.25) is 0 Å². The minimum absolute atomic E-state index is 0.221. The van der Waals surface area contributed by atoms with Gasteiger partial charge >= 0.3 is 0 Å². The maximum Gasteiger partial charge on any atom is 0.260 e. The summed E-state index contributed by atoms with van der Waals surface area (Å²) in [5, 5.41) is 2.75. The number of H-pyrrole nitrogens is 1. The van der Waals surface area contributed by atoms with E-state index < -0.39 is 6.10 Å². The van der Waals surface area contributed by atoms with Crippen LogP contribution >= 0.6 is 0 Å². The lowest BCUT2D eigenvalue weighted by molar-refractivity contribution is -0.127. The summed E-state index contributed by atoms with van der Waals surface area (Å²) in [6.07, 6.45) is 3.38. The summed E-state index contributed by atoms with van der Waals surface area (Å²) < 4.78 is 18.2. The minimum Gasteiger partial charge on any atom is -0.481 e. The van der Waals surface area contributed by atoms with Crippen LogP contribution in [0.4, 0.5) is 4.39 Å². The van der Waals surface area contributed by atoms with E-state index in [1.165, 1.54) is 24.3 Å². The number of halogens is 1. The average molecular weight is 277 g/mol. The van der Waals surface area contributed by atoms with Gasteiger partial charge in [0.1, 0.15) is 17.4 Å². The Balaban J connectivity index is 1.75. The summed E-state index contributed by atoms with van der Waals surface area (Å²) in [7, 11) is 0. The van der Waals surface area contributed by atoms with Gasteiger partial charge in [-0.1, -0.05) is 0 Å². The third-order valence-electron chi connectivity index (χ3n) is 2.71. The van der Waals surface area contributed by atoms with Gasteiger partial charge in [0.15, 0.2) is 6.10 Å². The number of ether oxygens (including phenoxy) is 1. The van der Waals surface area contributed by atoms with Crippen molar-refractivity contribution in [2.45, 2.75) is 19.4 Å². The first-order valence-corrected chi connectivity index (χ1v) is 6.33. The van der Waals surface area contributed by atoms with Gasteiger partial charge in [0, 0.05) is 25.4 Å². The first-order valence-electron chi connectivity index (χ1n) is 6.33. The summed E-state index contributed by atoms with van der Waals surface area (Å²) in [4.78, 5) is 18.8. The lowest BCUT2D eigenvalue weighted by Gasteiger charge is -2.14. The van der Waals surface area contributed by atoms with Gasteiger partial charge in [-0.2, -0.15) is 0 Å². The Labute approximate surface area is 116 Å². The summed E-state index contributed by atoms with van der Waals surface area (Å²) in [6.45, 7) is 2.12. The van der Waals surface area contributed by atoms with Crippen molar-refractivity contribution in [3.05, 3.63) is 48.3 Å². The molecule has 1 atom stereocenters. The smallest absolute Gasteiger partial charge is 0.260 e. The van der Waals surface area contributed by atoms with E-state index in [1.807, 2.05) is 0 Å². The number of nitrogens with zero attached hydrogens (tertiary/aromatic N) is 1. The molecule has 0 spiro atoms. The van der Waals surface area contributed by atoms with E-state index in [1.54, 1.807) is 19.3 Å². The molecule has 0 fully saturated rings. The molecule has 1 heterocycles. The molecule has 2 rings (SSSR count). The molecule has 2 aromatic rings. The van der Waals surface area contributed by atoms with Gasteiger partial charge < -0.3 is 15.0 Å². The quantitative estimate of drug-likeness (QED) is 0.844. The lowest BCUT2D eigenvalue weighted by atomic mass is 10.3. The molecule has 1 unspecified atom stereocenters. The fourth-order valence-electron chi connectivity index (χ4n) is 1.65. The normalized spacial score (nSPS) is 11.9. The first-order chi connectivity index (χ1) is 9.65. The summed E-state index contributed by atoms with van der Waals surface area (Å²) >= 11 is 0. The molecule has 106 valence electrons. The first kappa shape index (κ1) is 14.0. The van der Waals surface area contributed by atoms with Gasteiger partial charge in [0.05, 0.1) is 0 Å². The van der Waals surface area contributed by atoms with Crippen molar-refractivity contribution in [3.63, 3.8) is 0 Å². The van der Waals surface area contributed by atoms with E-state index in [9.17, 15) is 9.18 Å². The second kappa shape index (κ2) is 6.70. The van der Waals surface area contributed by atoms with Gasteiger partial charge in [-0.3, -0.25) is 4.79 Å². The third kappa shape index (κ3) is 4.08. The van der Waals surface area contributed by atoms with Crippen molar-refractivity contribution in [1.29, 1.82) is 0 Å². The van der Waals surface area contributed by atoms with Crippen LogP contribution < -0.4 is 10.1 Å². The Morgan fingerprint density at radius 1 is 1.45 bits per heavy atom. The van der Waals surface area contributed by atoms with Crippen LogP contribution in [-0.2, 0) is 11.2 Å². The topological polar surface area (TPSA) is 67.0 Å². The van der Waals surface area contributed by atoms with Gasteiger partial charge in [0.25, 0.3) is 5.91 Å². The molecule has 0 aliphatic carbocycles. The number of imidazole rings is 1. The molecule has 2 N–H and O–H groups in total. The monoisotopic (exact) mass is 277 g/mol. The molecule has 6 heteroatoms. The number of carbonyl (C=O) groups excluding carboxylic acids is 1. The van der Waals surface area contributed by atoms with E-state index in [0.717, 1.165) is 5.82 Å². The minimum atomic E-state index is -0.642. The number of amides is 1. The van der Waals surface area contributed by atoms with Crippen molar-refractivity contribution in [2.75, 3.05) is 6.54 Å². The molecule has 1 aromatic heterocycles. The molecule has 0 aliphatic rings. The third-order valence-corrected chi connectivity index (χ3v) is 2.71. The molecule has 0 radical (unpaired) electrons. The molecule has 0 saturated heterocycles. The zero-order chi connectivity index (χ0) is 14.4. The molecule has 1 amide bonds. The zero-order valence-electron chi connectivity index (χ0n) is 11.1.